The van der Waals surface area contributed by atoms with Crippen molar-refractivity contribution in [2.45, 2.75) is 25.7 Å². The maximum absolute atomic E-state index is 11.0. The molecule has 1 unspecified atom stereocenters. The molecule has 0 bridgehead atoms. The second-order valence-electron chi connectivity index (χ2n) is 4.08. The van der Waals surface area contributed by atoms with E-state index in [0.29, 0.717) is 5.92 Å². The van der Waals surface area contributed by atoms with Gasteiger partial charge in [-0.1, -0.05) is 25.7 Å². The Morgan fingerprint density at radius 1 is 1.38 bits per heavy atom. The second-order valence-corrected chi connectivity index (χ2v) is 6.26. The van der Waals surface area contributed by atoms with Crippen LogP contribution in [0.25, 0.3) is 0 Å². The lowest BCUT2D eigenvalue weighted by Crippen LogP contribution is -2.24. The maximum atomic E-state index is 11.0. The van der Waals surface area contributed by atoms with E-state index in [9.17, 15) is 8.42 Å². The first kappa shape index (κ1) is 11.0. The van der Waals surface area contributed by atoms with E-state index in [1.165, 1.54) is 19.1 Å². The van der Waals surface area contributed by atoms with E-state index in [1.54, 1.807) is 0 Å². The standard InChI is InChI=1S/C9H18O3S/c1-13(11,12)7-9(6-10)8-4-2-3-5-8/h8-10H,2-7H2,1H3. The lowest BCUT2D eigenvalue weighted by Gasteiger charge is -2.19. The third kappa shape index (κ3) is 3.65. The van der Waals surface area contributed by atoms with Crippen molar-refractivity contribution < 1.29 is 13.5 Å². The third-order valence-corrected chi connectivity index (χ3v) is 3.85. The molecule has 0 spiro atoms. The Bertz CT molecular complexity index is 240. The molecular weight excluding hydrogens is 188 g/mol. The fourth-order valence-electron chi connectivity index (χ4n) is 2.16. The Kier molecular flexibility index (Phi) is 3.74. The van der Waals surface area contributed by atoms with Crippen molar-refractivity contribution in [3.8, 4) is 0 Å². The van der Waals surface area contributed by atoms with Gasteiger partial charge in [-0.15, -0.1) is 0 Å². The van der Waals surface area contributed by atoms with Crippen molar-refractivity contribution in [2.24, 2.45) is 11.8 Å². The van der Waals surface area contributed by atoms with Crippen LogP contribution in [0.2, 0.25) is 0 Å². The van der Waals surface area contributed by atoms with Gasteiger partial charge in [0.05, 0.1) is 5.75 Å². The summed E-state index contributed by atoms with van der Waals surface area (Å²) in [6.07, 6.45) is 5.78. The van der Waals surface area contributed by atoms with E-state index in [-0.39, 0.29) is 18.3 Å². The Morgan fingerprint density at radius 3 is 2.31 bits per heavy atom. The Labute approximate surface area is 80.1 Å². The van der Waals surface area contributed by atoms with Gasteiger partial charge < -0.3 is 5.11 Å². The van der Waals surface area contributed by atoms with Gasteiger partial charge >= 0.3 is 0 Å². The van der Waals surface area contributed by atoms with Gasteiger partial charge in [-0.05, 0) is 11.8 Å². The summed E-state index contributed by atoms with van der Waals surface area (Å²) >= 11 is 0. The Morgan fingerprint density at radius 2 is 1.92 bits per heavy atom. The van der Waals surface area contributed by atoms with Crippen molar-refractivity contribution in [1.29, 1.82) is 0 Å². The van der Waals surface area contributed by atoms with E-state index < -0.39 is 9.84 Å². The van der Waals surface area contributed by atoms with Gasteiger partial charge in [-0.3, -0.25) is 0 Å². The van der Waals surface area contributed by atoms with Gasteiger partial charge in [-0.25, -0.2) is 8.42 Å². The molecule has 0 aliphatic heterocycles. The first-order chi connectivity index (χ1) is 6.03. The van der Waals surface area contributed by atoms with E-state index in [1.807, 2.05) is 0 Å². The zero-order valence-electron chi connectivity index (χ0n) is 8.07. The third-order valence-electron chi connectivity index (χ3n) is 2.82. The summed E-state index contributed by atoms with van der Waals surface area (Å²) in [6, 6.07) is 0. The molecule has 1 aliphatic carbocycles. The fraction of sp³-hybridized carbons (Fsp3) is 1.00. The highest BCUT2D eigenvalue weighted by molar-refractivity contribution is 7.90. The molecule has 1 rings (SSSR count). The van der Waals surface area contributed by atoms with E-state index in [2.05, 4.69) is 0 Å². The van der Waals surface area contributed by atoms with Crippen LogP contribution in [0, 0.1) is 11.8 Å². The molecule has 0 aromatic heterocycles. The molecule has 1 atom stereocenters. The predicted molar refractivity (Wildman–Crippen MR) is 52.2 cm³/mol. The van der Waals surface area contributed by atoms with Crippen LogP contribution >= 0.6 is 0 Å². The van der Waals surface area contributed by atoms with Gasteiger partial charge in [0, 0.05) is 12.9 Å². The fourth-order valence-corrected chi connectivity index (χ4v) is 3.31. The van der Waals surface area contributed by atoms with Crippen molar-refractivity contribution in [1.82, 2.24) is 0 Å². The molecule has 0 aromatic rings. The van der Waals surface area contributed by atoms with Crippen LogP contribution in [0.3, 0.4) is 0 Å². The second kappa shape index (κ2) is 4.42. The highest BCUT2D eigenvalue weighted by atomic mass is 32.2. The molecule has 1 saturated carbocycles. The number of hydrogen-bond donors (Lipinski definition) is 1. The van der Waals surface area contributed by atoms with Crippen LogP contribution < -0.4 is 0 Å². The minimum Gasteiger partial charge on any atom is -0.396 e. The van der Waals surface area contributed by atoms with E-state index in [4.69, 9.17) is 5.11 Å². The molecule has 1 fully saturated rings. The molecular formula is C9H18O3S. The normalized spacial score (nSPS) is 22.0. The molecule has 1 aliphatic rings. The number of hydrogen-bond acceptors (Lipinski definition) is 3. The molecule has 78 valence electrons. The summed E-state index contributed by atoms with van der Waals surface area (Å²) < 4.78 is 22.1. The quantitative estimate of drug-likeness (QED) is 0.741. The van der Waals surface area contributed by atoms with Crippen LogP contribution in [0.5, 0.6) is 0 Å². The molecule has 3 nitrogen and oxygen atoms in total. The van der Waals surface area contributed by atoms with Crippen LogP contribution in [-0.4, -0.2) is 32.1 Å². The topological polar surface area (TPSA) is 54.4 Å². The highest BCUT2D eigenvalue weighted by Crippen LogP contribution is 2.31. The first-order valence-corrected chi connectivity index (χ1v) is 6.87. The minimum absolute atomic E-state index is 0.0116. The van der Waals surface area contributed by atoms with Gasteiger partial charge in [0.25, 0.3) is 0 Å². The summed E-state index contributed by atoms with van der Waals surface area (Å²) in [5.74, 6) is 0.547. The molecule has 13 heavy (non-hydrogen) atoms. The lowest BCUT2D eigenvalue weighted by molar-refractivity contribution is 0.191. The monoisotopic (exact) mass is 206 g/mol. The first-order valence-electron chi connectivity index (χ1n) is 4.81. The smallest absolute Gasteiger partial charge is 0.147 e. The molecule has 0 saturated heterocycles. The van der Waals surface area contributed by atoms with Crippen LogP contribution in [0.15, 0.2) is 0 Å². The average molecular weight is 206 g/mol. The summed E-state index contributed by atoms with van der Waals surface area (Å²) in [5, 5.41) is 9.09. The molecule has 1 N–H and O–H groups in total. The van der Waals surface area contributed by atoms with Gasteiger partial charge in [0.2, 0.25) is 0 Å². The van der Waals surface area contributed by atoms with Gasteiger partial charge in [0.1, 0.15) is 9.84 Å². The van der Waals surface area contributed by atoms with E-state index in [0.717, 1.165) is 12.8 Å². The highest BCUT2D eigenvalue weighted by Gasteiger charge is 2.26. The Balaban J connectivity index is 2.51. The molecule has 4 heteroatoms. The zero-order valence-corrected chi connectivity index (χ0v) is 8.89. The lowest BCUT2D eigenvalue weighted by atomic mass is 9.93. The largest absolute Gasteiger partial charge is 0.396 e. The Hall–Kier alpha value is -0.0900. The number of aliphatic hydroxyl groups excluding tert-OH is 1. The van der Waals surface area contributed by atoms with Crippen molar-refractivity contribution in [3.05, 3.63) is 0 Å². The molecule has 0 radical (unpaired) electrons. The summed E-state index contributed by atoms with van der Waals surface area (Å²) in [4.78, 5) is 0. The SMILES string of the molecule is CS(=O)(=O)CC(CO)C1CCCC1. The number of aliphatic hydroxyl groups is 1. The van der Waals surface area contributed by atoms with Crippen LogP contribution in [0.4, 0.5) is 0 Å². The molecule has 0 heterocycles. The minimum atomic E-state index is -2.93. The number of sulfone groups is 1. The van der Waals surface area contributed by atoms with Gasteiger partial charge in [-0.2, -0.15) is 0 Å². The van der Waals surface area contributed by atoms with Crippen LogP contribution in [-0.2, 0) is 9.84 Å². The van der Waals surface area contributed by atoms with Gasteiger partial charge in [0.15, 0.2) is 0 Å². The predicted octanol–water partition coefficient (Wildman–Crippen LogP) is 0.830. The van der Waals surface area contributed by atoms with Crippen molar-refractivity contribution in [3.63, 3.8) is 0 Å². The summed E-state index contributed by atoms with van der Waals surface area (Å²) in [6.45, 7) is 0.0116. The van der Waals surface area contributed by atoms with E-state index >= 15 is 0 Å². The number of rotatable bonds is 4. The van der Waals surface area contributed by atoms with Crippen LogP contribution in [0.1, 0.15) is 25.7 Å². The summed E-state index contributed by atoms with van der Waals surface area (Å²) in [7, 11) is -2.93. The average Bonchev–Trinajstić information content (AvgIpc) is 2.50. The van der Waals surface area contributed by atoms with Crippen molar-refractivity contribution >= 4 is 9.84 Å². The summed E-state index contributed by atoms with van der Waals surface area (Å²) in [5.41, 5.74) is 0. The van der Waals surface area contributed by atoms with Crippen molar-refractivity contribution in [2.75, 3.05) is 18.6 Å². The zero-order chi connectivity index (χ0) is 9.90. The molecule has 0 aromatic carbocycles. The maximum Gasteiger partial charge on any atom is 0.147 e. The molecule has 0 amide bonds.